The highest BCUT2D eigenvalue weighted by Gasteiger charge is 1.88. The smallest absolute Gasteiger partial charge is 0.0406 e. The first-order valence-electron chi connectivity index (χ1n) is 4.66. The Bertz CT molecular complexity index is 199. The maximum Gasteiger partial charge on any atom is 0.0406 e. The van der Waals surface area contributed by atoms with Gasteiger partial charge in [0.15, 0.2) is 0 Å². The van der Waals surface area contributed by atoms with Gasteiger partial charge in [0.1, 0.15) is 0 Å². The van der Waals surface area contributed by atoms with E-state index in [4.69, 9.17) is 16.7 Å². The molecule has 0 bridgehead atoms. The molecule has 0 atom stereocenters. The Balaban J connectivity index is 0. The van der Waals surface area contributed by atoms with E-state index in [0.29, 0.717) is 0 Å². The molecule has 1 rings (SSSR count). The molecule has 14 heavy (non-hydrogen) atoms. The molecule has 0 aliphatic rings. The van der Waals surface area contributed by atoms with Crippen LogP contribution in [0.1, 0.15) is 19.4 Å². The van der Waals surface area contributed by atoms with Crippen LogP contribution >= 0.6 is 11.6 Å². The summed E-state index contributed by atoms with van der Waals surface area (Å²) in [4.78, 5) is 0. The van der Waals surface area contributed by atoms with Gasteiger partial charge in [-0.2, -0.15) is 0 Å². The first kappa shape index (κ1) is 15.9. The van der Waals surface area contributed by atoms with Crippen LogP contribution in [0.15, 0.2) is 24.3 Å². The Morgan fingerprint density at radius 1 is 1.14 bits per heavy atom. The number of aliphatic hydroxyl groups is 1. The number of aliphatic hydroxyl groups excluding tert-OH is 1. The standard InChI is InChI=1S/C8H10ClN.C2H6.CH4O/c1-10-6-7-2-4-8(9)5-3-7;2*1-2/h2-5,10H,6H2,1H3;1-2H3;2H,1H3. The van der Waals surface area contributed by atoms with Gasteiger partial charge in [0, 0.05) is 18.7 Å². The monoisotopic (exact) mass is 217 g/mol. The molecular formula is C11H20ClNO. The zero-order valence-corrected chi connectivity index (χ0v) is 10.1. The van der Waals surface area contributed by atoms with E-state index in [2.05, 4.69) is 5.32 Å². The van der Waals surface area contributed by atoms with Crippen LogP contribution in [0.25, 0.3) is 0 Å². The molecule has 0 heterocycles. The van der Waals surface area contributed by atoms with Crippen LogP contribution in [-0.2, 0) is 6.54 Å². The Morgan fingerprint density at radius 3 is 1.93 bits per heavy atom. The average molecular weight is 218 g/mol. The predicted octanol–water partition coefficient (Wildman–Crippen LogP) is 2.69. The van der Waals surface area contributed by atoms with Crippen LogP contribution in [0.2, 0.25) is 5.02 Å². The average Bonchev–Trinajstić information content (AvgIpc) is 2.28. The maximum atomic E-state index is 7.00. The number of hydrogen-bond acceptors (Lipinski definition) is 2. The van der Waals surface area contributed by atoms with Crippen molar-refractivity contribution in [2.45, 2.75) is 20.4 Å². The van der Waals surface area contributed by atoms with Gasteiger partial charge in [-0.1, -0.05) is 37.6 Å². The summed E-state index contributed by atoms with van der Waals surface area (Å²) in [6.45, 7) is 4.90. The molecule has 1 aromatic rings. The van der Waals surface area contributed by atoms with E-state index in [-0.39, 0.29) is 0 Å². The molecule has 0 aliphatic carbocycles. The SMILES string of the molecule is CC.CNCc1ccc(Cl)cc1.CO. The summed E-state index contributed by atoms with van der Waals surface area (Å²) in [5, 5.41) is 10.9. The Morgan fingerprint density at radius 2 is 1.57 bits per heavy atom. The van der Waals surface area contributed by atoms with E-state index in [1.807, 2.05) is 45.2 Å². The highest BCUT2D eigenvalue weighted by molar-refractivity contribution is 6.30. The summed E-state index contributed by atoms with van der Waals surface area (Å²) < 4.78 is 0. The number of hydrogen-bond donors (Lipinski definition) is 2. The molecule has 2 nitrogen and oxygen atoms in total. The maximum absolute atomic E-state index is 7.00. The third-order valence-corrected chi connectivity index (χ3v) is 1.55. The van der Waals surface area contributed by atoms with Crippen LogP contribution in [-0.4, -0.2) is 19.3 Å². The lowest BCUT2D eigenvalue weighted by Gasteiger charge is -1.97. The van der Waals surface area contributed by atoms with Crippen molar-refractivity contribution in [2.24, 2.45) is 0 Å². The topological polar surface area (TPSA) is 32.3 Å². The summed E-state index contributed by atoms with van der Waals surface area (Å²) in [6, 6.07) is 7.82. The fourth-order valence-electron chi connectivity index (χ4n) is 0.806. The summed E-state index contributed by atoms with van der Waals surface area (Å²) in [5.41, 5.74) is 1.26. The van der Waals surface area contributed by atoms with Crippen molar-refractivity contribution in [3.05, 3.63) is 34.9 Å². The largest absolute Gasteiger partial charge is 0.400 e. The molecule has 82 valence electrons. The lowest BCUT2D eigenvalue weighted by Crippen LogP contribution is -2.04. The molecule has 0 amide bonds. The van der Waals surface area contributed by atoms with Gasteiger partial charge in [0.05, 0.1) is 0 Å². The second kappa shape index (κ2) is 12.4. The van der Waals surface area contributed by atoms with E-state index in [9.17, 15) is 0 Å². The van der Waals surface area contributed by atoms with Gasteiger partial charge in [-0.15, -0.1) is 0 Å². The van der Waals surface area contributed by atoms with Gasteiger partial charge in [-0.05, 0) is 24.7 Å². The van der Waals surface area contributed by atoms with Crippen molar-refractivity contribution >= 4 is 11.6 Å². The number of halogens is 1. The van der Waals surface area contributed by atoms with Gasteiger partial charge in [-0.25, -0.2) is 0 Å². The highest BCUT2D eigenvalue weighted by Crippen LogP contribution is 2.08. The quantitative estimate of drug-likeness (QED) is 0.799. The van der Waals surface area contributed by atoms with Crippen LogP contribution in [0.4, 0.5) is 0 Å². The molecule has 0 saturated heterocycles. The van der Waals surface area contributed by atoms with Crippen molar-refractivity contribution in [2.75, 3.05) is 14.2 Å². The minimum atomic E-state index is 0.792. The summed E-state index contributed by atoms with van der Waals surface area (Å²) in [5.74, 6) is 0. The van der Waals surface area contributed by atoms with Crippen LogP contribution in [0.5, 0.6) is 0 Å². The molecule has 0 fully saturated rings. The third-order valence-electron chi connectivity index (χ3n) is 1.29. The number of nitrogens with one attached hydrogen (secondary N) is 1. The first-order chi connectivity index (χ1) is 6.83. The van der Waals surface area contributed by atoms with Crippen molar-refractivity contribution in [1.82, 2.24) is 5.32 Å². The molecule has 0 aliphatic heterocycles. The first-order valence-corrected chi connectivity index (χ1v) is 5.04. The Labute approximate surface area is 91.9 Å². The molecular weight excluding hydrogens is 198 g/mol. The zero-order chi connectivity index (χ0) is 11.4. The number of benzene rings is 1. The lowest BCUT2D eigenvalue weighted by molar-refractivity contribution is 0.399. The number of rotatable bonds is 2. The highest BCUT2D eigenvalue weighted by atomic mass is 35.5. The summed E-state index contributed by atoms with van der Waals surface area (Å²) in [6.07, 6.45) is 0. The second-order valence-corrected chi connectivity index (χ2v) is 2.59. The lowest BCUT2D eigenvalue weighted by atomic mass is 10.2. The van der Waals surface area contributed by atoms with Crippen molar-refractivity contribution in [3.8, 4) is 0 Å². The van der Waals surface area contributed by atoms with E-state index in [1.54, 1.807) is 0 Å². The van der Waals surface area contributed by atoms with Crippen LogP contribution in [0, 0.1) is 0 Å². The van der Waals surface area contributed by atoms with Crippen LogP contribution < -0.4 is 5.32 Å². The van der Waals surface area contributed by atoms with Gasteiger partial charge in [0.2, 0.25) is 0 Å². The molecule has 0 saturated carbocycles. The summed E-state index contributed by atoms with van der Waals surface area (Å²) in [7, 11) is 2.93. The van der Waals surface area contributed by atoms with E-state index in [1.165, 1.54) is 5.56 Å². The minimum Gasteiger partial charge on any atom is -0.400 e. The fraction of sp³-hybridized carbons (Fsp3) is 0.455. The second-order valence-electron chi connectivity index (χ2n) is 2.16. The van der Waals surface area contributed by atoms with Gasteiger partial charge < -0.3 is 10.4 Å². The van der Waals surface area contributed by atoms with Crippen molar-refractivity contribution in [3.63, 3.8) is 0 Å². The molecule has 1 aromatic carbocycles. The molecule has 2 N–H and O–H groups in total. The Kier molecular flexibility index (Phi) is 14.1. The van der Waals surface area contributed by atoms with Crippen LogP contribution in [0.3, 0.4) is 0 Å². The molecule has 3 heteroatoms. The van der Waals surface area contributed by atoms with Crippen molar-refractivity contribution < 1.29 is 5.11 Å². The predicted molar refractivity (Wildman–Crippen MR) is 63.7 cm³/mol. The van der Waals surface area contributed by atoms with E-state index < -0.39 is 0 Å². The van der Waals surface area contributed by atoms with E-state index in [0.717, 1.165) is 18.7 Å². The minimum absolute atomic E-state index is 0.792. The molecule has 0 aromatic heterocycles. The van der Waals surface area contributed by atoms with Gasteiger partial charge >= 0.3 is 0 Å². The molecule has 0 spiro atoms. The summed E-state index contributed by atoms with van der Waals surface area (Å²) >= 11 is 5.69. The zero-order valence-electron chi connectivity index (χ0n) is 9.34. The Hall–Kier alpha value is -0.570. The van der Waals surface area contributed by atoms with Gasteiger partial charge in [0.25, 0.3) is 0 Å². The van der Waals surface area contributed by atoms with E-state index >= 15 is 0 Å². The normalized spacial score (nSPS) is 7.86. The third kappa shape index (κ3) is 8.05. The van der Waals surface area contributed by atoms with Crippen molar-refractivity contribution in [1.29, 1.82) is 0 Å². The fourth-order valence-corrected chi connectivity index (χ4v) is 0.932. The van der Waals surface area contributed by atoms with Gasteiger partial charge in [-0.3, -0.25) is 0 Å². The molecule has 0 unspecified atom stereocenters. The molecule has 0 radical (unpaired) electrons.